The van der Waals surface area contributed by atoms with Gasteiger partial charge < -0.3 is 16.0 Å². The van der Waals surface area contributed by atoms with Gasteiger partial charge in [-0.1, -0.05) is 0 Å². The number of hydrogen-bond acceptors (Lipinski definition) is 3. The highest BCUT2D eigenvalue weighted by Crippen LogP contribution is 2.33. The van der Waals surface area contributed by atoms with Crippen molar-refractivity contribution in [2.75, 3.05) is 37.8 Å². The minimum atomic E-state index is -4.35. The molecule has 0 unspecified atom stereocenters. The van der Waals surface area contributed by atoms with Crippen LogP contribution in [0.25, 0.3) is 0 Å². The largest absolute Gasteiger partial charge is 0.416 e. The number of nitrogen functional groups attached to an aromatic ring is 1. The van der Waals surface area contributed by atoms with E-state index in [1.165, 1.54) is 6.07 Å². The van der Waals surface area contributed by atoms with E-state index in [0.717, 1.165) is 18.7 Å². The molecule has 0 aliphatic rings. The predicted octanol–water partition coefficient (Wildman–Crippen LogP) is 1.94. The van der Waals surface area contributed by atoms with Gasteiger partial charge in [0.2, 0.25) is 0 Å². The summed E-state index contributed by atoms with van der Waals surface area (Å²) in [5.41, 5.74) is 5.65. The third kappa shape index (κ3) is 3.52. The first-order chi connectivity index (χ1) is 7.86. The fraction of sp³-hybridized carbons (Fsp3) is 0.455. The lowest BCUT2D eigenvalue weighted by atomic mass is 10.1. The number of benzene rings is 1. The molecule has 0 atom stereocenters. The second-order valence-corrected chi connectivity index (χ2v) is 3.80. The van der Waals surface area contributed by atoms with Gasteiger partial charge >= 0.3 is 6.18 Å². The number of hydrogen-bond donors (Lipinski definition) is 2. The van der Waals surface area contributed by atoms with Crippen LogP contribution in [0.15, 0.2) is 18.2 Å². The second-order valence-electron chi connectivity index (χ2n) is 3.80. The van der Waals surface area contributed by atoms with Gasteiger partial charge in [0.15, 0.2) is 0 Å². The Hall–Kier alpha value is -1.43. The number of nitrogens with two attached hydrogens (primary N) is 1. The normalized spacial score (nSPS) is 11.6. The van der Waals surface area contributed by atoms with E-state index in [1.54, 1.807) is 7.05 Å². The summed E-state index contributed by atoms with van der Waals surface area (Å²) >= 11 is 0. The van der Waals surface area contributed by atoms with Crippen LogP contribution < -0.4 is 16.0 Å². The highest BCUT2D eigenvalue weighted by molar-refractivity contribution is 5.68. The average Bonchev–Trinajstić information content (AvgIpc) is 2.24. The highest BCUT2D eigenvalue weighted by atomic mass is 19.4. The highest BCUT2D eigenvalue weighted by Gasteiger charge is 2.30. The zero-order chi connectivity index (χ0) is 13.1. The van der Waals surface area contributed by atoms with Crippen molar-refractivity contribution in [3.05, 3.63) is 23.8 Å². The van der Waals surface area contributed by atoms with Crippen LogP contribution in [0.3, 0.4) is 0 Å². The molecule has 3 nitrogen and oxygen atoms in total. The molecule has 6 heteroatoms. The van der Waals surface area contributed by atoms with Gasteiger partial charge in [0.05, 0.1) is 16.9 Å². The van der Waals surface area contributed by atoms with Crippen molar-refractivity contribution in [2.45, 2.75) is 6.18 Å². The third-order valence-electron chi connectivity index (χ3n) is 2.46. The molecular formula is C11H16F3N3. The van der Waals surface area contributed by atoms with Crippen LogP contribution in [0.1, 0.15) is 5.56 Å². The van der Waals surface area contributed by atoms with Crippen molar-refractivity contribution in [1.29, 1.82) is 0 Å². The van der Waals surface area contributed by atoms with Crippen LogP contribution in [0.5, 0.6) is 0 Å². The summed E-state index contributed by atoms with van der Waals surface area (Å²) in [7, 11) is 3.60. The monoisotopic (exact) mass is 247 g/mol. The Morgan fingerprint density at radius 1 is 1.35 bits per heavy atom. The Kier molecular flexibility index (Phi) is 4.22. The molecule has 0 amide bonds. The predicted molar refractivity (Wildman–Crippen MR) is 63.1 cm³/mol. The number of likely N-dealkylation sites (N-methyl/N-ethyl adjacent to an activating group) is 2. The molecule has 0 saturated heterocycles. The van der Waals surface area contributed by atoms with E-state index in [0.29, 0.717) is 12.2 Å². The lowest BCUT2D eigenvalue weighted by Gasteiger charge is -2.21. The van der Waals surface area contributed by atoms with E-state index in [4.69, 9.17) is 5.73 Å². The first-order valence-electron chi connectivity index (χ1n) is 5.18. The Bertz CT molecular complexity index is 377. The average molecular weight is 247 g/mol. The second kappa shape index (κ2) is 5.27. The molecular weight excluding hydrogens is 231 g/mol. The maximum Gasteiger partial charge on any atom is 0.416 e. The van der Waals surface area contributed by atoms with E-state index >= 15 is 0 Å². The van der Waals surface area contributed by atoms with E-state index in [-0.39, 0.29) is 5.69 Å². The van der Waals surface area contributed by atoms with Crippen LogP contribution in [-0.4, -0.2) is 27.2 Å². The number of nitrogens with zero attached hydrogens (tertiary/aromatic N) is 1. The zero-order valence-corrected chi connectivity index (χ0v) is 9.80. The first kappa shape index (κ1) is 13.6. The van der Waals surface area contributed by atoms with Gasteiger partial charge in [0, 0.05) is 20.1 Å². The van der Waals surface area contributed by atoms with Gasteiger partial charge in [0.25, 0.3) is 0 Å². The first-order valence-corrected chi connectivity index (χ1v) is 5.18. The van der Waals surface area contributed by atoms with Crippen molar-refractivity contribution in [2.24, 2.45) is 0 Å². The van der Waals surface area contributed by atoms with Gasteiger partial charge in [0.1, 0.15) is 0 Å². The van der Waals surface area contributed by atoms with Crippen molar-refractivity contribution < 1.29 is 13.2 Å². The molecule has 0 bridgehead atoms. The molecule has 0 heterocycles. The quantitative estimate of drug-likeness (QED) is 0.799. The fourth-order valence-corrected chi connectivity index (χ4v) is 1.48. The topological polar surface area (TPSA) is 41.3 Å². The molecule has 3 N–H and O–H groups in total. The van der Waals surface area contributed by atoms with E-state index in [2.05, 4.69) is 5.32 Å². The summed E-state index contributed by atoms with van der Waals surface area (Å²) in [5.74, 6) is 0. The molecule has 0 radical (unpaired) electrons. The van der Waals surface area contributed by atoms with Crippen LogP contribution in [0.2, 0.25) is 0 Å². The molecule has 0 aromatic heterocycles. The van der Waals surface area contributed by atoms with Crippen LogP contribution in [0, 0.1) is 0 Å². The fourth-order valence-electron chi connectivity index (χ4n) is 1.48. The van der Waals surface area contributed by atoms with E-state index in [1.807, 2.05) is 11.9 Å². The molecule has 96 valence electrons. The van der Waals surface area contributed by atoms with E-state index < -0.39 is 11.7 Å². The third-order valence-corrected chi connectivity index (χ3v) is 2.46. The standard InChI is InChI=1S/C11H16F3N3/c1-16-5-6-17(2)10-4-3-8(7-9(10)15)11(12,13)14/h3-4,7,16H,5-6,15H2,1-2H3. The number of halogens is 3. The lowest BCUT2D eigenvalue weighted by molar-refractivity contribution is -0.137. The van der Waals surface area contributed by atoms with Crippen molar-refractivity contribution in [3.8, 4) is 0 Å². The van der Waals surface area contributed by atoms with Crippen LogP contribution in [0.4, 0.5) is 24.5 Å². The number of rotatable bonds is 4. The number of alkyl halides is 3. The summed E-state index contributed by atoms with van der Waals surface area (Å²) in [6, 6.07) is 3.40. The number of nitrogens with one attached hydrogen (secondary N) is 1. The Morgan fingerprint density at radius 3 is 2.47 bits per heavy atom. The molecule has 0 fully saturated rings. The molecule has 0 spiro atoms. The molecule has 0 aliphatic heterocycles. The lowest BCUT2D eigenvalue weighted by Crippen LogP contribution is -2.27. The van der Waals surface area contributed by atoms with Gasteiger partial charge in [-0.2, -0.15) is 13.2 Å². The van der Waals surface area contributed by atoms with Crippen molar-refractivity contribution in [3.63, 3.8) is 0 Å². The zero-order valence-electron chi connectivity index (χ0n) is 9.80. The summed E-state index contributed by atoms with van der Waals surface area (Å²) in [5, 5.41) is 2.96. The van der Waals surface area contributed by atoms with Crippen LogP contribution >= 0.6 is 0 Å². The van der Waals surface area contributed by atoms with Gasteiger partial charge in [-0.05, 0) is 25.2 Å². The maximum absolute atomic E-state index is 12.4. The summed E-state index contributed by atoms with van der Waals surface area (Å²) in [6.45, 7) is 1.41. The van der Waals surface area contributed by atoms with E-state index in [9.17, 15) is 13.2 Å². The summed E-state index contributed by atoms with van der Waals surface area (Å²) in [6.07, 6.45) is -4.35. The van der Waals surface area contributed by atoms with Gasteiger partial charge in [-0.3, -0.25) is 0 Å². The smallest absolute Gasteiger partial charge is 0.397 e. The van der Waals surface area contributed by atoms with Gasteiger partial charge in [-0.25, -0.2) is 0 Å². The van der Waals surface area contributed by atoms with Gasteiger partial charge in [-0.15, -0.1) is 0 Å². The van der Waals surface area contributed by atoms with Crippen molar-refractivity contribution in [1.82, 2.24) is 5.32 Å². The Balaban J connectivity index is 2.90. The molecule has 1 aromatic carbocycles. The Morgan fingerprint density at radius 2 is 2.00 bits per heavy atom. The molecule has 0 aliphatic carbocycles. The van der Waals surface area contributed by atoms with Crippen LogP contribution in [-0.2, 0) is 6.18 Å². The summed E-state index contributed by atoms with van der Waals surface area (Å²) in [4.78, 5) is 1.81. The maximum atomic E-state index is 12.4. The molecule has 0 saturated carbocycles. The molecule has 1 rings (SSSR count). The molecule has 1 aromatic rings. The summed E-state index contributed by atoms with van der Waals surface area (Å²) < 4.78 is 37.3. The Labute approximate surface area is 98.4 Å². The SMILES string of the molecule is CNCCN(C)c1ccc(C(F)(F)F)cc1N. The minimum absolute atomic E-state index is 0.137. The number of anilines is 2. The minimum Gasteiger partial charge on any atom is -0.397 e. The van der Waals surface area contributed by atoms with Crippen molar-refractivity contribution >= 4 is 11.4 Å². The molecule has 17 heavy (non-hydrogen) atoms.